The lowest BCUT2D eigenvalue weighted by atomic mass is 9.86. The maximum Gasteiger partial charge on any atom is 0.211 e. The minimum absolute atomic E-state index is 0.0628. The van der Waals surface area contributed by atoms with Crippen LogP contribution < -0.4 is 0 Å². The quantitative estimate of drug-likeness (QED) is 0.647. The third kappa shape index (κ3) is 3.61. The zero-order valence-electron chi connectivity index (χ0n) is 10.1. The molecule has 88 valence electrons. The van der Waals surface area contributed by atoms with Gasteiger partial charge in [0, 0.05) is 13.1 Å². The van der Waals surface area contributed by atoms with Crippen molar-refractivity contribution in [2.45, 2.75) is 33.6 Å². The van der Waals surface area contributed by atoms with Crippen molar-refractivity contribution in [1.29, 1.82) is 0 Å². The number of hydrogen-bond acceptors (Lipinski definition) is 2. The molecular formula is C11H21NO2S. The second-order valence-corrected chi connectivity index (χ2v) is 7.20. The van der Waals surface area contributed by atoms with Crippen molar-refractivity contribution < 1.29 is 8.42 Å². The minimum atomic E-state index is -3.05. The summed E-state index contributed by atoms with van der Waals surface area (Å²) in [6.07, 6.45) is 5.40. The Morgan fingerprint density at radius 2 is 1.93 bits per heavy atom. The second-order valence-electron chi connectivity index (χ2n) is 5.22. The molecule has 0 fully saturated rings. The van der Waals surface area contributed by atoms with Gasteiger partial charge in [-0.25, -0.2) is 8.42 Å². The van der Waals surface area contributed by atoms with E-state index in [1.807, 2.05) is 0 Å². The maximum atomic E-state index is 11.5. The van der Waals surface area contributed by atoms with E-state index in [1.165, 1.54) is 11.8 Å². The summed E-state index contributed by atoms with van der Waals surface area (Å²) in [6, 6.07) is 0. The Morgan fingerprint density at radius 3 is 2.40 bits per heavy atom. The lowest BCUT2D eigenvalue weighted by Gasteiger charge is -2.26. The van der Waals surface area contributed by atoms with Crippen molar-refractivity contribution in [2.24, 2.45) is 5.41 Å². The molecule has 0 saturated heterocycles. The lowest BCUT2D eigenvalue weighted by molar-refractivity contribution is 0.402. The summed E-state index contributed by atoms with van der Waals surface area (Å²) in [7, 11) is -3.05. The zero-order chi connectivity index (χ0) is 11.7. The highest BCUT2D eigenvalue weighted by Crippen LogP contribution is 2.28. The van der Waals surface area contributed by atoms with E-state index in [9.17, 15) is 8.42 Å². The lowest BCUT2D eigenvalue weighted by Crippen LogP contribution is -2.34. The van der Waals surface area contributed by atoms with Crippen LogP contribution in [-0.2, 0) is 10.0 Å². The third-order valence-corrected chi connectivity index (χ3v) is 4.03. The molecule has 0 aromatic rings. The molecule has 3 nitrogen and oxygen atoms in total. The van der Waals surface area contributed by atoms with E-state index in [4.69, 9.17) is 0 Å². The van der Waals surface area contributed by atoms with Crippen LogP contribution in [0.25, 0.3) is 0 Å². The molecule has 4 heteroatoms. The van der Waals surface area contributed by atoms with Gasteiger partial charge in [-0.3, -0.25) is 0 Å². The summed E-state index contributed by atoms with van der Waals surface area (Å²) in [5, 5.41) is 0. The summed E-state index contributed by atoms with van der Waals surface area (Å²) < 4.78 is 24.6. The van der Waals surface area contributed by atoms with Gasteiger partial charge in [0.15, 0.2) is 0 Å². The molecule has 1 aliphatic rings. The average Bonchev–Trinajstić information content (AvgIpc) is 2.24. The van der Waals surface area contributed by atoms with Gasteiger partial charge >= 0.3 is 0 Å². The largest absolute Gasteiger partial charge is 0.212 e. The number of nitrogens with zero attached hydrogens (tertiary/aromatic N) is 1. The van der Waals surface area contributed by atoms with Gasteiger partial charge in [-0.2, -0.15) is 4.31 Å². The van der Waals surface area contributed by atoms with Gasteiger partial charge in [0.25, 0.3) is 0 Å². The molecule has 0 N–H and O–H groups in total. The smallest absolute Gasteiger partial charge is 0.211 e. The van der Waals surface area contributed by atoms with Crippen LogP contribution in [0.15, 0.2) is 11.6 Å². The fourth-order valence-corrected chi connectivity index (χ4v) is 2.54. The van der Waals surface area contributed by atoms with Crippen LogP contribution in [0.5, 0.6) is 0 Å². The van der Waals surface area contributed by atoms with Crippen LogP contribution in [0.3, 0.4) is 0 Å². The molecule has 0 aliphatic carbocycles. The molecule has 1 heterocycles. The first-order chi connectivity index (χ1) is 6.71. The van der Waals surface area contributed by atoms with Gasteiger partial charge in [0.05, 0.1) is 6.26 Å². The molecular weight excluding hydrogens is 210 g/mol. The predicted molar refractivity (Wildman–Crippen MR) is 63.2 cm³/mol. The van der Waals surface area contributed by atoms with Crippen molar-refractivity contribution in [2.75, 3.05) is 19.3 Å². The third-order valence-electron chi connectivity index (χ3n) is 2.78. The molecule has 0 bridgehead atoms. The van der Waals surface area contributed by atoms with Gasteiger partial charge in [-0.05, 0) is 18.3 Å². The predicted octanol–water partition coefficient (Wildman–Crippen LogP) is 2.01. The van der Waals surface area contributed by atoms with E-state index >= 15 is 0 Å². The van der Waals surface area contributed by atoms with E-state index in [1.54, 1.807) is 4.31 Å². The first kappa shape index (κ1) is 12.7. The van der Waals surface area contributed by atoms with E-state index in [0.29, 0.717) is 13.1 Å². The monoisotopic (exact) mass is 231 g/mol. The van der Waals surface area contributed by atoms with Gasteiger partial charge < -0.3 is 0 Å². The molecule has 0 unspecified atom stereocenters. The summed E-state index contributed by atoms with van der Waals surface area (Å²) in [4.78, 5) is 0. The van der Waals surface area contributed by atoms with Gasteiger partial charge in [-0.1, -0.05) is 32.4 Å². The molecule has 0 radical (unpaired) electrons. The van der Waals surface area contributed by atoms with Crippen molar-refractivity contribution >= 4 is 10.0 Å². The molecule has 1 rings (SSSR count). The summed E-state index contributed by atoms with van der Waals surface area (Å²) in [5.74, 6) is 0. The minimum Gasteiger partial charge on any atom is -0.212 e. The topological polar surface area (TPSA) is 37.4 Å². The average molecular weight is 231 g/mol. The highest BCUT2D eigenvalue weighted by Gasteiger charge is 2.25. The molecule has 0 aromatic heterocycles. The molecule has 0 atom stereocenters. The highest BCUT2D eigenvalue weighted by atomic mass is 32.2. The molecule has 0 saturated carbocycles. The van der Waals surface area contributed by atoms with Crippen molar-refractivity contribution in [3.63, 3.8) is 0 Å². The van der Waals surface area contributed by atoms with Gasteiger partial charge in [0.2, 0.25) is 10.0 Å². The molecule has 0 aromatic carbocycles. The Kier molecular flexibility index (Phi) is 3.61. The van der Waals surface area contributed by atoms with Crippen molar-refractivity contribution in [3.05, 3.63) is 11.6 Å². The van der Waals surface area contributed by atoms with Crippen LogP contribution in [0.2, 0.25) is 0 Å². The number of allylic oxidation sites excluding steroid dienone is 1. The normalized spacial score (nSPS) is 20.9. The van der Waals surface area contributed by atoms with E-state index in [2.05, 4.69) is 26.8 Å². The van der Waals surface area contributed by atoms with E-state index < -0.39 is 10.0 Å². The first-order valence-corrected chi connectivity index (χ1v) is 7.21. The van der Waals surface area contributed by atoms with Crippen LogP contribution in [0.1, 0.15) is 33.6 Å². The number of sulfonamides is 1. The van der Waals surface area contributed by atoms with Crippen molar-refractivity contribution in [3.8, 4) is 0 Å². The Balaban J connectivity index is 2.90. The van der Waals surface area contributed by atoms with Crippen LogP contribution in [-0.4, -0.2) is 32.1 Å². The Bertz CT molecular complexity index is 349. The Hall–Kier alpha value is -0.350. The Labute approximate surface area is 93.2 Å². The van der Waals surface area contributed by atoms with Crippen LogP contribution >= 0.6 is 0 Å². The zero-order valence-corrected chi connectivity index (χ0v) is 10.9. The molecule has 15 heavy (non-hydrogen) atoms. The summed E-state index contributed by atoms with van der Waals surface area (Å²) >= 11 is 0. The molecule has 0 spiro atoms. The number of hydrogen-bond donors (Lipinski definition) is 0. The molecule has 0 amide bonds. The standard InChI is InChI=1S/C11H21NO2S/c1-11(2,3)10-7-5-6-8-12(9-10)15(4,13)14/h7H,5-6,8-9H2,1-4H3. The Morgan fingerprint density at radius 1 is 1.33 bits per heavy atom. The van der Waals surface area contributed by atoms with Crippen molar-refractivity contribution in [1.82, 2.24) is 4.31 Å². The molecule has 1 aliphatic heterocycles. The van der Waals surface area contributed by atoms with E-state index in [0.717, 1.165) is 12.8 Å². The highest BCUT2D eigenvalue weighted by molar-refractivity contribution is 7.88. The SMILES string of the molecule is CC(C)(C)C1=CCCCN(S(C)(=O)=O)C1. The summed E-state index contributed by atoms with van der Waals surface area (Å²) in [6.45, 7) is 7.59. The van der Waals surface area contributed by atoms with Gasteiger partial charge in [-0.15, -0.1) is 0 Å². The second kappa shape index (κ2) is 4.26. The number of rotatable bonds is 1. The van der Waals surface area contributed by atoms with E-state index in [-0.39, 0.29) is 5.41 Å². The first-order valence-electron chi connectivity index (χ1n) is 5.36. The fourth-order valence-electron chi connectivity index (χ4n) is 1.70. The van der Waals surface area contributed by atoms with Crippen LogP contribution in [0, 0.1) is 5.41 Å². The van der Waals surface area contributed by atoms with Crippen LogP contribution in [0.4, 0.5) is 0 Å². The summed E-state index contributed by atoms with van der Waals surface area (Å²) in [5.41, 5.74) is 1.29. The fraction of sp³-hybridized carbons (Fsp3) is 0.818. The van der Waals surface area contributed by atoms with Gasteiger partial charge in [0.1, 0.15) is 0 Å². The maximum absolute atomic E-state index is 11.5.